The number of carboxylic acid groups (broad SMARTS) is 1. The molecular formula is C13H14F3N3O3. The lowest BCUT2D eigenvalue weighted by atomic mass is 10.0. The minimum absolute atomic E-state index is 0.0422. The summed E-state index contributed by atoms with van der Waals surface area (Å²) in [5, 5.41) is 13.6. The molecule has 1 aliphatic heterocycles. The van der Waals surface area contributed by atoms with Gasteiger partial charge in [-0.1, -0.05) is 12.1 Å². The van der Waals surface area contributed by atoms with E-state index < -0.39 is 23.9 Å². The minimum Gasteiger partial charge on any atom is -0.465 e. The summed E-state index contributed by atoms with van der Waals surface area (Å²) in [6.45, 7) is 0.746. The molecular weight excluding hydrogens is 303 g/mol. The van der Waals surface area contributed by atoms with E-state index in [1.54, 1.807) is 0 Å². The van der Waals surface area contributed by atoms with Crippen molar-refractivity contribution in [2.75, 3.05) is 19.6 Å². The topological polar surface area (TPSA) is 81.7 Å². The molecule has 6 nitrogen and oxygen atoms in total. The van der Waals surface area contributed by atoms with Crippen LogP contribution in [0.3, 0.4) is 0 Å². The van der Waals surface area contributed by atoms with E-state index in [-0.39, 0.29) is 18.1 Å². The summed E-state index contributed by atoms with van der Waals surface area (Å²) in [6.07, 6.45) is -5.89. The largest absolute Gasteiger partial charge is 0.465 e. The monoisotopic (exact) mass is 317 g/mol. The molecule has 1 aromatic carbocycles. The first-order valence-electron chi connectivity index (χ1n) is 6.47. The highest BCUT2D eigenvalue weighted by atomic mass is 19.4. The van der Waals surface area contributed by atoms with Gasteiger partial charge in [0.05, 0.1) is 11.6 Å². The molecule has 1 aliphatic rings. The van der Waals surface area contributed by atoms with E-state index in [2.05, 4.69) is 10.6 Å². The van der Waals surface area contributed by atoms with Gasteiger partial charge in [-0.2, -0.15) is 13.2 Å². The first kappa shape index (κ1) is 15.9. The van der Waals surface area contributed by atoms with Crippen molar-refractivity contribution < 1.29 is 27.9 Å². The SMILES string of the molecule is O=C(O)NC(CN1CCNC1=O)c1cccc(C(F)(F)F)c1. The smallest absolute Gasteiger partial charge is 0.416 e. The quantitative estimate of drug-likeness (QED) is 0.795. The van der Waals surface area contributed by atoms with Crippen LogP contribution in [0.2, 0.25) is 0 Å². The number of hydrogen-bond donors (Lipinski definition) is 3. The predicted molar refractivity (Wildman–Crippen MR) is 70.3 cm³/mol. The third-order valence-electron chi connectivity index (χ3n) is 3.26. The molecule has 1 heterocycles. The van der Waals surface area contributed by atoms with Crippen LogP contribution in [-0.2, 0) is 6.18 Å². The van der Waals surface area contributed by atoms with Crippen LogP contribution in [0.5, 0.6) is 0 Å². The summed E-state index contributed by atoms with van der Waals surface area (Å²) in [5.41, 5.74) is -0.718. The normalized spacial score (nSPS) is 16.3. The zero-order chi connectivity index (χ0) is 16.3. The van der Waals surface area contributed by atoms with Gasteiger partial charge in [0.15, 0.2) is 0 Å². The summed E-state index contributed by atoms with van der Waals surface area (Å²) < 4.78 is 38.2. The minimum atomic E-state index is -4.52. The Morgan fingerprint density at radius 1 is 1.45 bits per heavy atom. The number of hydrogen-bond acceptors (Lipinski definition) is 2. The number of nitrogens with zero attached hydrogens (tertiary/aromatic N) is 1. The van der Waals surface area contributed by atoms with Crippen LogP contribution in [0.15, 0.2) is 24.3 Å². The van der Waals surface area contributed by atoms with Crippen LogP contribution in [-0.4, -0.2) is 41.8 Å². The van der Waals surface area contributed by atoms with E-state index in [0.717, 1.165) is 12.1 Å². The number of alkyl halides is 3. The fourth-order valence-electron chi connectivity index (χ4n) is 2.22. The summed E-state index contributed by atoms with van der Waals surface area (Å²) in [7, 11) is 0. The second-order valence-electron chi connectivity index (χ2n) is 4.80. The van der Waals surface area contributed by atoms with Crippen molar-refractivity contribution in [3.8, 4) is 0 Å². The number of carbonyl (C=O) groups excluding carboxylic acids is 1. The van der Waals surface area contributed by atoms with Crippen molar-refractivity contribution in [2.45, 2.75) is 12.2 Å². The van der Waals surface area contributed by atoms with Gasteiger partial charge < -0.3 is 20.6 Å². The van der Waals surface area contributed by atoms with E-state index in [9.17, 15) is 22.8 Å². The van der Waals surface area contributed by atoms with Crippen LogP contribution in [0.4, 0.5) is 22.8 Å². The Morgan fingerprint density at radius 2 is 2.18 bits per heavy atom. The third kappa shape index (κ3) is 3.80. The molecule has 0 radical (unpaired) electrons. The lowest BCUT2D eigenvalue weighted by Crippen LogP contribution is -2.39. The Hall–Kier alpha value is -2.45. The van der Waals surface area contributed by atoms with E-state index >= 15 is 0 Å². The maximum atomic E-state index is 12.7. The molecule has 0 spiro atoms. The Morgan fingerprint density at radius 3 is 2.73 bits per heavy atom. The highest BCUT2D eigenvalue weighted by Crippen LogP contribution is 2.31. The number of amides is 3. The van der Waals surface area contributed by atoms with E-state index in [4.69, 9.17) is 5.11 Å². The van der Waals surface area contributed by atoms with Gasteiger partial charge in [-0.15, -0.1) is 0 Å². The standard InChI is InChI=1S/C13H14F3N3O3/c14-13(15,16)9-3-1-2-8(6-9)10(18-12(21)22)7-19-5-4-17-11(19)20/h1-3,6,10,18H,4-5,7H2,(H,17,20)(H,21,22). The van der Waals surface area contributed by atoms with Crippen LogP contribution < -0.4 is 10.6 Å². The number of urea groups is 1. The molecule has 3 N–H and O–H groups in total. The van der Waals surface area contributed by atoms with Crippen molar-refractivity contribution in [3.05, 3.63) is 35.4 Å². The highest BCUT2D eigenvalue weighted by molar-refractivity contribution is 5.76. The lowest BCUT2D eigenvalue weighted by molar-refractivity contribution is -0.137. The van der Waals surface area contributed by atoms with Gasteiger partial charge in [0.25, 0.3) is 0 Å². The first-order chi connectivity index (χ1) is 10.3. The summed E-state index contributed by atoms with van der Waals surface area (Å²) in [6, 6.07) is 3.08. The van der Waals surface area contributed by atoms with Gasteiger partial charge in [-0.05, 0) is 17.7 Å². The average Bonchev–Trinajstić information content (AvgIpc) is 2.82. The Labute approximate surface area is 123 Å². The molecule has 1 fully saturated rings. The van der Waals surface area contributed by atoms with Crippen LogP contribution in [0.25, 0.3) is 0 Å². The van der Waals surface area contributed by atoms with Crippen LogP contribution in [0, 0.1) is 0 Å². The molecule has 22 heavy (non-hydrogen) atoms. The molecule has 1 unspecified atom stereocenters. The molecule has 0 aromatic heterocycles. The molecule has 1 saturated heterocycles. The summed E-state index contributed by atoms with van der Waals surface area (Å²) >= 11 is 0. The molecule has 0 aliphatic carbocycles. The molecule has 3 amide bonds. The van der Waals surface area contributed by atoms with Crippen molar-refractivity contribution in [1.82, 2.24) is 15.5 Å². The number of rotatable bonds is 4. The first-order valence-corrected chi connectivity index (χ1v) is 6.47. The van der Waals surface area contributed by atoms with E-state index in [0.29, 0.717) is 13.1 Å². The molecule has 1 atom stereocenters. The van der Waals surface area contributed by atoms with Crippen molar-refractivity contribution in [1.29, 1.82) is 0 Å². The van der Waals surface area contributed by atoms with Crippen molar-refractivity contribution in [3.63, 3.8) is 0 Å². The number of nitrogens with one attached hydrogen (secondary N) is 2. The Kier molecular flexibility index (Phi) is 4.43. The molecule has 1 aromatic rings. The third-order valence-corrected chi connectivity index (χ3v) is 3.26. The summed E-state index contributed by atoms with van der Waals surface area (Å²) in [5.74, 6) is 0. The zero-order valence-corrected chi connectivity index (χ0v) is 11.4. The summed E-state index contributed by atoms with van der Waals surface area (Å²) in [4.78, 5) is 23.7. The van der Waals surface area contributed by atoms with Crippen LogP contribution in [0.1, 0.15) is 17.2 Å². The zero-order valence-electron chi connectivity index (χ0n) is 11.4. The molecule has 0 bridgehead atoms. The maximum absolute atomic E-state index is 12.7. The predicted octanol–water partition coefficient (Wildman–Crippen LogP) is 2.04. The van der Waals surface area contributed by atoms with Crippen molar-refractivity contribution >= 4 is 12.1 Å². The fourth-order valence-corrected chi connectivity index (χ4v) is 2.22. The van der Waals surface area contributed by atoms with Gasteiger partial charge >= 0.3 is 18.3 Å². The molecule has 0 saturated carbocycles. The van der Waals surface area contributed by atoms with Gasteiger partial charge in [-0.25, -0.2) is 9.59 Å². The van der Waals surface area contributed by atoms with E-state index in [1.165, 1.54) is 17.0 Å². The van der Waals surface area contributed by atoms with Crippen LogP contribution >= 0.6 is 0 Å². The Bertz CT molecular complexity index is 577. The van der Waals surface area contributed by atoms with Gasteiger partial charge in [0.2, 0.25) is 0 Å². The average molecular weight is 317 g/mol. The lowest BCUT2D eigenvalue weighted by Gasteiger charge is -2.23. The molecule has 2 rings (SSSR count). The molecule has 9 heteroatoms. The van der Waals surface area contributed by atoms with Gasteiger partial charge in [0.1, 0.15) is 0 Å². The van der Waals surface area contributed by atoms with Gasteiger partial charge in [0, 0.05) is 19.6 Å². The number of benzene rings is 1. The Balaban J connectivity index is 2.25. The second kappa shape index (κ2) is 6.12. The second-order valence-corrected chi connectivity index (χ2v) is 4.80. The highest BCUT2D eigenvalue weighted by Gasteiger charge is 2.32. The number of halogens is 3. The fraction of sp³-hybridized carbons (Fsp3) is 0.385. The van der Waals surface area contributed by atoms with Gasteiger partial charge in [-0.3, -0.25) is 0 Å². The van der Waals surface area contributed by atoms with Crippen molar-refractivity contribution in [2.24, 2.45) is 0 Å². The number of carbonyl (C=O) groups is 2. The van der Waals surface area contributed by atoms with E-state index in [1.807, 2.05) is 0 Å². The molecule has 120 valence electrons. The maximum Gasteiger partial charge on any atom is 0.416 e.